The van der Waals surface area contributed by atoms with Gasteiger partial charge >= 0.3 is 6.18 Å². The van der Waals surface area contributed by atoms with Gasteiger partial charge in [-0.1, -0.05) is 11.6 Å². The minimum Gasteiger partial charge on any atom is -0.382 e. The van der Waals surface area contributed by atoms with Gasteiger partial charge in [0.15, 0.2) is 0 Å². The molecule has 2 atom stereocenters. The van der Waals surface area contributed by atoms with Gasteiger partial charge in [-0.15, -0.1) is 0 Å². The third-order valence-corrected chi connectivity index (χ3v) is 5.98. The molecule has 3 heterocycles. The van der Waals surface area contributed by atoms with E-state index in [2.05, 4.69) is 25.6 Å². The van der Waals surface area contributed by atoms with Crippen LogP contribution in [0.3, 0.4) is 0 Å². The normalized spacial score (nSPS) is 19.4. The molecule has 3 aromatic heterocycles. The molecule has 2 N–H and O–H groups in total. The van der Waals surface area contributed by atoms with Gasteiger partial charge in [0.1, 0.15) is 11.3 Å². The molecule has 1 saturated carbocycles. The van der Waals surface area contributed by atoms with Crippen LogP contribution in [0, 0.1) is 0 Å². The highest BCUT2D eigenvalue weighted by atomic mass is 35.5. The molecule has 0 bridgehead atoms. The van der Waals surface area contributed by atoms with Crippen LogP contribution >= 0.6 is 11.6 Å². The number of nitrogens with one attached hydrogen (secondary N) is 2. The monoisotopic (exact) mass is 460 g/mol. The van der Waals surface area contributed by atoms with Crippen molar-refractivity contribution in [2.45, 2.75) is 43.9 Å². The van der Waals surface area contributed by atoms with Crippen molar-refractivity contribution in [1.82, 2.24) is 19.4 Å². The van der Waals surface area contributed by atoms with E-state index < -0.39 is 11.9 Å². The zero-order chi connectivity index (χ0) is 22.3. The number of anilines is 2. The molecule has 10 heteroatoms. The van der Waals surface area contributed by atoms with E-state index in [-0.39, 0.29) is 17.6 Å². The average Bonchev–Trinajstić information content (AvgIpc) is 3.23. The Morgan fingerprint density at radius 2 is 1.81 bits per heavy atom. The maximum Gasteiger partial charge on any atom is 0.433 e. The summed E-state index contributed by atoms with van der Waals surface area (Å²) in [5.41, 5.74) is 0.530. The second kappa shape index (κ2) is 8.12. The van der Waals surface area contributed by atoms with Gasteiger partial charge in [0.2, 0.25) is 5.95 Å². The number of halogens is 4. The predicted molar refractivity (Wildman–Crippen MR) is 118 cm³/mol. The summed E-state index contributed by atoms with van der Waals surface area (Å²) >= 11 is 6.11. The van der Waals surface area contributed by atoms with Crippen molar-refractivity contribution in [1.29, 1.82) is 0 Å². The maximum atomic E-state index is 13.4. The van der Waals surface area contributed by atoms with Crippen LogP contribution in [-0.4, -0.2) is 31.4 Å². The molecular weight excluding hydrogens is 441 g/mol. The van der Waals surface area contributed by atoms with Gasteiger partial charge in [0.25, 0.3) is 0 Å². The van der Waals surface area contributed by atoms with Gasteiger partial charge in [-0.3, -0.25) is 4.40 Å². The molecule has 5 rings (SSSR count). The summed E-state index contributed by atoms with van der Waals surface area (Å²) in [7, 11) is 0. The van der Waals surface area contributed by atoms with Crippen LogP contribution in [0.5, 0.6) is 0 Å². The smallest absolute Gasteiger partial charge is 0.382 e. The van der Waals surface area contributed by atoms with Crippen LogP contribution < -0.4 is 10.6 Å². The highest BCUT2D eigenvalue weighted by Crippen LogP contribution is 2.35. The third kappa shape index (κ3) is 4.17. The Morgan fingerprint density at radius 1 is 1.00 bits per heavy atom. The topological polar surface area (TPSA) is 67.1 Å². The molecular formula is C22H20ClF3N6. The Balaban J connectivity index is 1.40. The highest BCUT2D eigenvalue weighted by Gasteiger charge is 2.34. The van der Waals surface area contributed by atoms with Gasteiger partial charge in [0, 0.05) is 46.8 Å². The fourth-order valence-electron chi connectivity index (χ4n) is 4.28. The predicted octanol–water partition coefficient (Wildman–Crippen LogP) is 5.78. The third-order valence-electron chi connectivity index (χ3n) is 5.75. The molecule has 166 valence electrons. The van der Waals surface area contributed by atoms with Crippen LogP contribution in [0.2, 0.25) is 5.02 Å². The summed E-state index contributed by atoms with van der Waals surface area (Å²) in [6.45, 7) is 0. The van der Waals surface area contributed by atoms with Gasteiger partial charge in [-0.25, -0.2) is 15.0 Å². The zero-order valence-corrected chi connectivity index (χ0v) is 17.7. The van der Waals surface area contributed by atoms with E-state index >= 15 is 0 Å². The molecule has 0 unspecified atom stereocenters. The summed E-state index contributed by atoms with van der Waals surface area (Å²) in [5.74, 6) is 0.700. The Bertz CT molecular complexity index is 1270. The molecule has 0 spiro atoms. The van der Waals surface area contributed by atoms with Crippen molar-refractivity contribution in [3.63, 3.8) is 0 Å². The molecule has 6 nitrogen and oxygen atoms in total. The number of pyridine rings is 1. The van der Waals surface area contributed by atoms with E-state index in [1.165, 1.54) is 6.07 Å². The number of nitrogens with zero attached hydrogens (tertiary/aromatic N) is 4. The van der Waals surface area contributed by atoms with Crippen LogP contribution in [0.15, 0.2) is 48.9 Å². The maximum absolute atomic E-state index is 13.4. The van der Waals surface area contributed by atoms with Crippen LogP contribution in [0.4, 0.5) is 24.8 Å². The number of hydrogen-bond acceptors (Lipinski definition) is 5. The number of hydrogen-bond donors (Lipinski definition) is 2. The molecule has 0 saturated heterocycles. The molecule has 1 aliphatic rings. The molecule has 1 aromatic carbocycles. The minimum absolute atomic E-state index is 0.00564. The summed E-state index contributed by atoms with van der Waals surface area (Å²) in [6, 6.07) is 7.73. The summed E-state index contributed by atoms with van der Waals surface area (Å²) in [6.07, 6.45) is 4.20. The van der Waals surface area contributed by atoms with Crippen LogP contribution in [0.25, 0.3) is 16.6 Å². The molecule has 0 radical (unpaired) electrons. The second-order valence-electron chi connectivity index (χ2n) is 7.99. The van der Waals surface area contributed by atoms with Gasteiger partial charge in [-0.2, -0.15) is 13.2 Å². The summed E-state index contributed by atoms with van der Waals surface area (Å²) < 4.78 is 42.1. The number of benzene rings is 1. The Kier molecular flexibility index (Phi) is 5.28. The van der Waals surface area contributed by atoms with Crippen molar-refractivity contribution < 1.29 is 13.2 Å². The molecule has 0 aliphatic heterocycles. The lowest BCUT2D eigenvalue weighted by Crippen LogP contribution is -2.35. The fourth-order valence-corrected chi connectivity index (χ4v) is 4.45. The van der Waals surface area contributed by atoms with Gasteiger partial charge < -0.3 is 10.6 Å². The van der Waals surface area contributed by atoms with Crippen LogP contribution in [-0.2, 0) is 6.18 Å². The van der Waals surface area contributed by atoms with E-state index in [4.69, 9.17) is 11.6 Å². The standard InChI is InChI=1S/C22H20ClF3N6/c23-13-4-5-17-16(10-13)18(12-19(31-17)22(24,25)26)29-14-2-1-3-15(11-14)30-21-28-7-6-20-27-8-9-32(20)21/h4-10,12,14-15H,1-3,11H2,(H,28,30)(H,29,31)/t14-,15+/m0/s1. The summed E-state index contributed by atoms with van der Waals surface area (Å²) in [5, 5.41) is 7.82. The second-order valence-corrected chi connectivity index (χ2v) is 8.42. The van der Waals surface area contributed by atoms with Crippen molar-refractivity contribution in [2.75, 3.05) is 10.6 Å². The lowest BCUT2D eigenvalue weighted by molar-refractivity contribution is -0.140. The lowest BCUT2D eigenvalue weighted by Gasteiger charge is -2.31. The minimum atomic E-state index is -4.53. The summed E-state index contributed by atoms with van der Waals surface area (Å²) in [4.78, 5) is 12.5. The number of alkyl halides is 3. The van der Waals surface area contributed by atoms with Crippen molar-refractivity contribution in [2.24, 2.45) is 0 Å². The van der Waals surface area contributed by atoms with Crippen molar-refractivity contribution in [3.05, 3.63) is 59.6 Å². The van der Waals surface area contributed by atoms with Crippen molar-refractivity contribution >= 4 is 39.8 Å². The molecule has 0 amide bonds. The first-order chi connectivity index (χ1) is 15.4. The van der Waals surface area contributed by atoms with E-state index in [1.54, 1.807) is 24.5 Å². The highest BCUT2D eigenvalue weighted by molar-refractivity contribution is 6.31. The first-order valence-corrected chi connectivity index (χ1v) is 10.7. The number of imidazole rings is 1. The SMILES string of the molecule is FC(F)(F)c1cc(N[C@H]2CCC[C@@H](Nc3nccc4nccn34)C2)c2cc(Cl)ccc2n1. The Morgan fingerprint density at radius 3 is 2.62 bits per heavy atom. The van der Waals surface area contributed by atoms with E-state index in [0.29, 0.717) is 22.0 Å². The van der Waals surface area contributed by atoms with E-state index in [0.717, 1.165) is 37.4 Å². The average molecular weight is 461 g/mol. The van der Waals surface area contributed by atoms with Crippen molar-refractivity contribution in [3.8, 4) is 0 Å². The van der Waals surface area contributed by atoms with Gasteiger partial charge in [0.05, 0.1) is 5.52 Å². The fraction of sp³-hybridized carbons (Fsp3) is 0.318. The molecule has 32 heavy (non-hydrogen) atoms. The molecule has 1 fully saturated rings. The number of fused-ring (bicyclic) bond motifs is 2. The first kappa shape index (κ1) is 20.8. The largest absolute Gasteiger partial charge is 0.433 e. The quantitative estimate of drug-likeness (QED) is 0.404. The molecule has 1 aliphatic carbocycles. The number of rotatable bonds is 4. The Hall–Kier alpha value is -3.07. The first-order valence-electron chi connectivity index (χ1n) is 10.4. The van der Waals surface area contributed by atoms with Crippen LogP contribution in [0.1, 0.15) is 31.4 Å². The molecule has 4 aromatic rings. The van der Waals surface area contributed by atoms with E-state index in [1.807, 2.05) is 16.7 Å². The Labute approximate surface area is 186 Å². The zero-order valence-electron chi connectivity index (χ0n) is 16.9. The lowest BCUT2D eigenvalue weighted by atomic mass is 9.90. The van der Waals surface area contributed by atoms with Gasteiger partial charge in [-0.05, 0) is 56.0 Å². The number of aromatic nitrogens is 4. The van der Waals surface area contributed by atoms with E-state index in [9.17, 15) is 13.2 Å².